The second-order valence-corrected chi connectivity index (χ2v) is 12.7. The number of pyridine rings is 2. The third-order valence-corrected chi connectivity index (χ3v) is 9.27. The highest BCUT2D eigenvalue weighted by Gasteiger charge is 2.47. The predicted octanol–water partition coefficient (Wildman–Crippen LogP) is 5.68. The fourth-order valence-electron chi connectivity index (χ4n) is 6.55. The van der Waals surface area contributed by atoms with Gasteiger partial charge in [0.2, 0.25) is 0 Å². The van der Waals surface area contributed by atoms with Crippen molar-refractivity contribution in [2.45, 2.75) is 45.5 Å². The second kappa shape index (κ2) is 11.2. The minimum Gasteiger partial charge on any atom is -0.369 e. The number of carbonyl (C=O) groups excluding carboxylic acids is 1. The van der Waals surface area contributed by atoms with Crippen molar-refractivity contribution in [1.82, 2.24) is 29.6 Å². The molecule has 0 bridgehead atoms. The summed E-state index contributed by atoms with van der Waals surface area (Å²) in [5.41, 5.74) is 2.03. The van der Waals surface area contributed by atoms with E-state index in [1.54, 1.807) is 54.5 Å². The van der Waals surface area contributed by atoms with Crippen molar-refractivity contribution in [2.24, 2.45) is 18.4 Å². The molecule has 4 aromatic rings. The number of alkyl halides is 3. The minimum atomic E-state index is -4.63. The highest BCUT2D eigenvalue weighted by molar-refractivity contribution is 6.10. The largest absolute Gasteiger partial charge is 0.416 e. The van der Waals surface area contributed by atoms with Crippen LogP contribution in [0.1, 0.15) is 53.2 Å². The normalized spacial score (nSPS) is 17.7. The summed E-state index contributed by atoms with van der Waals surface area (Å²) >= 11 is 0. The number of likely N-dealkylation sites (tertiary alicyclic amines) is 1. The van der Waals surface area contributed by atoms with E-state index in [4.69, 9.17) is 0 Å². The lowest BCUT2D eigenvalue weighted by molar-refractivity contribution is -0.138. The van der Waals surface area contributed by atoms with Gasteiger partial charge in [-0.15, -0.1) is 10.2 Å². The third-order valence-electron chi connectivity index (χ3n) is 9.27. The summed E-state index contributed by atoms with van der Waals surface area (Å²) in [6, 6.07) is 10.2. The molecule has 1 atom stereocenters. The van der Waals surface area contributed by atoms with Gasteiger partial charge < -0.3 is 9.88 Å². The van der Waals surface area contributed by atoms with Crippen molar-refractivity contribution < 1.29 is 18.0 Å². The van der Waals surface area contributed by atoms with Gasteiger partial charge in [-0.05, 0) is 85.2 Å². The average Bonchev–Trinajstić information content (AvgIpc) is 3.29. The van der Waals surface area contributed by atoms with Crippen molar-refractivity contribution in [3.63, 3.8) is 0 Å². The molecule has 3 aliphatic rings. The number of benzene rings is 1. The molecule has 5 heterocycles. The summed E-state index contributed by atoms with van der Waals surface area (Å²) < 4.78 is 45.2. The zero-order chi connectivity index (χ0) is 32.2. The smallest absolute Gasteiger partial charge is 0.369 e. The number of nitrogens with zero attached hydrogens (tertiary/aromatic N) is 8. The summed E-state index contributed by atoms with van der Waals surface area (Å²) in [7, 11) is 1.81. The number of aryl methyl sites for hydroxylation is 1. The number of halogens is 3. The molecular weight excluding hydrogens is 595 g/mol. The van der Waals surface area contributed by atoms with Crippen LogP contribution in [0.4, 0.5) is 24.8 Å². The molecule has 1 amide bonds. The topological polar surface area (TPSA) is 116 Å². The van der Waals surface area contributed by atoms with E-state index in [0.29, 0.717) is 40.3 Å². The summed E-state index contributed by atoms with van der Waals surface area (Å²) in [6.07, 6.45) is 3.65. The molecule has 1 aromatic carbocycles. The van der Waals surface area contributed by atoms with Gasteiger partial charge >= 0.3 is 6.18 Å². The molecule has 236 valence electrons. The van der Waals surface area contributed by atoms with Crippen LogP contribution in [0.25, 0.3) is 22.5 Å². The Kier molecular flexibility index (Phi) is 7.27. The summed E-state index contributed by atoms with van der Waals surface area (Å²) in [5.74, 6) is 0.260. The Labute approximate surface area is 263 Å². The maximum Gasteiger partial charge on any atom is 0.416 e. The van der Waals surface area contributed by atoms with Gasteiger partial charge in [0.05, 0.1) is 24.1 Å². The Bertz CT molecular complexity index is 1870. The molecule has 1 spiro atoms. The monoisotopic (exact) mass is 627 g/mol. The molecular formula is C33H32F3N9O. The fourth-order valence-corrected chi connectivity index (χ4v) is 6.55. The van der Waals surface area contributed by atoms with Crippen LogP contribution in [0.15, 0.2) is 49.1 Å². The zero-order valence-electron chi connectivity index (χ0n) is 25.5. The van der Waals surface area contributed by atoms with E-state index in [1.165, 1.54) is 23.8 Å². The number of hydrogen-bond donors (Lipinski definition) is 1. The van der Waals surface area contributed by atoms with Crippen LogP contribution in [0.3, 0.4) is 0 Å². The van der Waals surface area contributed by atoms with Gasteiger partial charge in [0, 0.05) is 55.8 Å². The van der Waals surface area contributed by atoms with Gasteiger partial charge in [0.25, 0.3) is 5.91 Å². The minimum absolute atomic E-state index is 0.0473. The highest BCUT2D eigenvalue weighted by atomic mass is 19.4. The third kappa shape index (κ3) is 5.58. The van der Waals surface area contributed by atoms with E-state index < -0.39 is 17.6 Å². The van der Waals surface area contributed by atoms with E-state index in [9.17, 15) is 23.2 Å². The number of amides is 1. The lowest BCUT2D eigenvalue weighted by Crippen LogP contribution is -2.25. The Morgan fingerprint density at radius 3 is 2.65 bits per heavy atom. The number of carbonyl (C=O) groups is 1. The first-order valence-corrected chi connectivity index (χ1v) is 15.3. The van der Waals surface area contributed by atoms with Crippen LogP contribution < -0.4 is 10.2 Å². The lowest BCUT2D eigenvalue weighted by Gasteiger charge is -2.19. The average molecular weight is 628 g/mol. The summed E-state index contributed by atoms with van der Waals surface area (Å²) in [4.78, 5) is 26.4. The van der Waals surface area contributed by atoms with Crippen LogP contribution in [-0.2, 0) is 26.3 Å². The molecule has 7 rings (SSSR count). The van der Waals surface area contributed by atoms with Gasteiger partial charge in [0.1, 0.15) is 18.0 Å². The molecule has 46 heavy (non-hydrogen) atoms. The van der Waals surface area contributed by atoms with Crippen molar-refractivity contribution >= 4 is 17.5 Å². The standard InChI is InChI=1S/C33H32F3N9O/c1-20(13-37)14-39-28-11-22(25-15-38-7-3-23(25)30-42-40-19-43(30)2)12-29(41-28)45-17-26-24(31(45)46)9-21(10-27(26)33(34,35)36)16-44-8-6-32(18-44)4-5-32/h3,7,9-12,15,19-20H,4-6,8,14,16-18H2,1-2H3,(H,39,41). The molecule has 13 heteroatoms. The van der Waals surface area contributed by atoms with Gasteiger partial charge in [-0.1, -0.05) is 0 Å². The Hall–Kier alpha value is -4.83. The van der Waals surface area contributed by atoms with Crippen molar-refractivity contribution in [2.75, 3.05) is 29.9 Å². The molecule has 1 unspecified atom stereocenters. The predicted molar refractivity (Wildman–Crippen MR) is 164 cm³/mol. The molecule has 10 nitrogen and oxygen atoms in total. The van der Waals surface area contributed by atoms with E-state index in [-0.39, 0.29) is 36.0 Å². The molecule has 0 radical (unpaired) electrons. The second-order valence-electron chi connectivity index (χ2n) is 12.7. The van der Waals surface area contributed by atoms with Crippen molar-refractivity contribution in [3.8, 4) is 28.6 Å². The molecule has 1 saturated heterocycles. The summed E-state index contributed by atoms with van der Waals surface area (Å²) in [6.45, 7) is 3.87. The van der Waals surface area contributed by atoms with Gasteiger partial charge in [0.15, 0.2) is 5.82 Å². The number of hydrogen-bond acceptors (Lipinski definition) is 8. The van der Waals surface area contributed by atoms with Gasteiger partial charge in [-0.2, -0.15) is 18.4 Å². The maximum absolute atomic E-state index is 14.5. The number of nitrogens with one attached hydrogen (secondary N) is 1. The highest BCUT2D eigenvalue weighted by Crippen LogP contribution is 2.53. The first-order chi connectivity index (χ1) is 22.0. The van der Waals surface area contributed by atoms with Crippen molar-refractivity contribution in [3.05, 3.63) is 71.3 Å². The first-order valence-electron chi connectivity index (χ1n) is 15.3. The van der Waals surface area contributed by atoms with Crippen LogP contribution in [0, 0.1) is 22.7 Å². The number of fused-ring (bicyclic) bond motifs is 1. The lowest BCUT2D eigenvalue weighted by atomic mass is 9.98. The van der Waals surface area contributed by atoms with Gasteiger partial charge in [-0.3, -0.25) is 19.6 Å². The fraction of sp³-hybridized carbons (Fsp3) is 0.394. The Morgan fingerprint density at radius 1 is 1.13 bits per heavy atom. The van der Waals surface area contributed by atoms with Crippen LogP contribution in [0.5, 0.6) is 0 Å². The van der Waals surface area contributed by atoms with Crippen LogP contribution in [-0.4, -0.2) is 55.2 Å². The van der Waals surface area contributed by atoms with Crippen LogP contribution >= 0.6 is 0 Å². The maximum atomic E-state index is 14.5. The molecule has 3 aromatic heterocycles. The Morgan fingerprint density at radius 2 is 1.96 bits per heavy atom. The molecule has 1 N–H and O–H groups in total. The van der Waals surface area contributed by atoms with Crippen molar-refractivity contribution in [1.29, 1.82) is 5.26 Å². The zero-order valence-corrected chi connectivity index (χ0v) is 25.5. The van der Waals surface area contributed by atoms with E-state index in [2.05, 4.69) is 36.5 Å². The quantitative estimate of drug-likeness (QED) is 0.266. The van der Waals surface area contributed by atoms with Gasteiger partial charge in [-0.25, -0.2) is 4.98 Å². The summed E-state index contributed by atoms with van der Waals surface area (Å²) in [5, 5.41) is 20.7. The van der Waals surface area contributed by atoms with Crippen LogP contribution in [0.2, 0.25) is 0 Å². The molecule has 2 fully saturated rings. The number of aromatic nitrogens is 5. The SMILES string of the molecule is CC(C#N)CNc1cc(-c2cnccc2-c2nncn2C)cc(N2Cc3c(cc(CN4CCC5(CC5)C4)cc3C(F)(F)F)C2=O)n1. The number of anilines is 2. The molecule has 2 aliphatic heterocycles. The van der Waals surface area contributed by atoms with E-state index >= 15 is 0 Å². The Balaban J connectivity index is 1.28. The molecule has 1 aliphatic carbocycles. The number of nitriles is 1. The molecule has 1 saturated carbocycles. The van der Waals surface area contributed by atoms with E-state index in [1.807, 2.05) is 7.05 Å². The number of rotatable bonds is 8. The first kappa shape index (κ1) is 29.9. The van der Waals surface area contributed by atoms with E-state index in [0.717, 1.165) is 25.1 Å².